The summed E-state index contributed by atoms with van der Waals surface area (Å²) in [6, 6.07) is 0. The highest BCUT2D eigenvalue weighted by molar-refractivity contribution is 7.53. The molecule has 3 heterocycles. The number of aliphatic hydroxyl groups excluding tert-OH is 1. The number of aliphatic hydroxyl groups is 1. The average Bonchev–Trinajstić information content (AvgIpc) is 3.17. The number of halogens is 1. The summed E-state index contributed by atoms with van der Waals surface area (Å²) in [6.07, 6.45) is -1.27. The molecule has 3 rings (SSSR count). The van der Waals surface area contributed by atoms with Crippen LogP contribution >= 0.6 is 19.2 Å². The number of nitrogens with zero attached hydrogens (tertiary/aromatic N) is 4. The molecule has 2 aromatic heterocycles. The maximum atomic E-state index is 12.5. The minimum absolute atomic E-state index is 0.0255. The van der Waals surface area contributed by atoms with Gasteiger partial charge in [0.15, 0.2) is 24.1 Å². The number of anilines is 1. The SMILES string of the molecule is CCOP(=O)(CO[C@H]1O[C@@H](n2cnc3c(N)nc(Cl)nc32)C[C@@H]1O)OCC. The Bertz CT molecular complexity index is 841. The second-order valence-corrected chi connectivity index (χ2v) is 8.04. The van der Waals surface area contributed by atoms with Crippen LogP contribution in [0.5, 0.6) is 0 Å². The quantitative estimate of drug-likeness (QED) is 0.479. The third-order valence-corrected chi connectivity index (χ3v) is 5.77. The first-order valence-corrected chi connectivity index (χ1v) is 10.5. The van der Waals surface area contributed by atoms with E-state index in [0.29, 0.717) is 11.2 Å². The Morgan fingerprint density at radius 3 is 2.78 bits per heavy atom. The lowest BCUT2D eigenvalue weighted by Crippen LogP contribution is -2.25. The fourth-order valence-corrected chi connectivity index (χ4v) is 4.25. The number of fused-ring (bicyclic) bond motifs is 1. The topological polar surface area (TPSA) is 144 Å². The predicted octanol–water partition coefficient (Wildman–Crippen LogP) is 1.91. The maximum absolute atomic E-state index is 12.5. The van der Waals surface area contributed by atoms with Crippen LogP contribution in [0.25, 0.3) is 11.2 Å². The third-order valence-electron chi connectivity index (χ3n) is 3.83. The van der Waals surface area contributed by atoms with Crippen molar-refractivity contribution < 1.29 is 28.2 Å². The van der Waals surface area contributed by atoms with Crippen molar-refractivity contribution >= 4 is 36.2 Å². The van der Waals surface area contributed by atoms with Crippen molar-refractivity contribution in [2.75, 3.05) is 25.3 Å². The van der Waals surface area contributed by atoms with Gasteiger partial charge in [-0.2, -0.15) is 9.97 Å². The van der Waals surface area contributed by atoms with Crippen molar-refractivity contribution in [3.8, 4) is 0 Å². The Labute approximate surface area is 160 Å². The van der Waals surface area contributed by atoms with Crippen molar-refractivity contribution in [2.24, 2.45) is 0 Å². The first-order valence-electron chi connectivity index (χ1n) is 8.35. The van der Waals surface area contributed by atoms with Crippen molar-refractivity contribution in [3.05, 3.63) is 11.6 Å². The van der Waals surface area contributed by atoms with Gasteiger partial charge in [0.05, 0.1) is 19.5 Å². The smallest absolute Gasteiger partial charge is 0.356 e. The van der Waals surface area contributed by atoms with Gasteiger partial charge >= 0.3 is 7.60 Å². The molecule has 0 aliphatic carbocycles. The number of ether oxygens (including phenoxy) is 2. The Hall–Kier alpha value is -1.33. The summed E-state index contributed by atoms with van der Waals surface area (Å²) in [7, 11) is -3.42. The maximum Gasteiger partial charge on any atom is 0.356 e. The van der Waals surface area contributed by atoms with Crippen LogP contribution in [0.15, 0.2) is 6.33 Å². The Morgan fingerprint density at radius 1 is 1.41 bits per heavy atom. The van der Waals surface area contributed by atoms with Crippen LogP contribution in [0.4, 0.5) is 5.82 Å². The zero-order valence-corrected chi connectivity index (χ0v) is 16.5. The van der Waals surface area contributed by atoms with E-state index in [-0.39, 0.29) is 37.1 Å². The summed E-state index contributed by atoms with van der Waals surface area (Å²) in [5.41, 5.74) is 6.54. The monoisotopic (exact) mass is 421 g/mol. The summed E-state index contributed by atoms with van der Waals surface area (Å²) in [6.45, 7) is 3.82. The molecule has 0 amide bonds. The average molecular weight is 422 g/mol. The van der Waals surface area contributed by atoms with E-state index in [1.807, 2.05) is 0 Å². The van der Waals surface area contributed by atoms with Gasteiger partial charge in [0.25, 0.3) is 0 Å². The highest BCUT2D eigenvalue weighted by Crippen LogP contribution is 2.48. The molecule has 3 N–H and O–H groups in total. The van der Waals surface area contributed by atoms with Gasteiger partial charge in [0, 0.05) is 6.42 Å². The molecule has 11 nitrogen and oxygen atoms in total. The molecule has 1 aliphatic heterocycles. The molecule has 0 aromatic carbocycles. The Kier molecular flexibility index (Phi) is 6.32. The fourth-order valence-electron chi connectivity index (χ4n) is 2.74. The van der Waals surface area contributed by atoms with Crippen molar-refractivity contribution in [1.82, 2.24) is 19.5 Å². The molecule has 1 saturated heterocycles. The summed E-state index contributed by atoms with van der Waals surface area (Å²) in [5.74, 6) is 0.143. The number of imidazole rings is 1. The van der Waals surface area contributed by atoms with E-state index in [2.05, 4.69) is 15.0 Å². The lowest BCUT2D eigenvalue weighted by molar-refractivity contribution is -0.168. The number of rotatable bonds is 8. The third kappa shape index (κ3) is 4.40. The standard InChI is InChI=1S/C14H21ClN5O6P/c1-3-24-27(22,25-4-2)7-23-13-8(21)5-9(26-13)20-6-17-10-11(16)18-14(15)19-12(10)20/h6,8-9,13,21H,3-5,7H2,1-2H3,(H2,16,18,19)/t8-,9+,13-/m0/s1. The van der Waals surface area contributed by atoms with Crippen molar-refractivity contribution in [3.63, 3.8) is 0 Å². The highest BCUT2D eigenvalue weighted by atomic mass is 35.5. The van der Waals surface area contributed by atoms with Gasteiger partial charge in [-0.15, -0.1) is 0 Å². The van der Waals surface area contributed by atoms with E-state index < -0.39 is 26.2 Å². The molecule has 0 spiro atoms. The zero-order chi connectivity index (χ0) is 19.6. The van der Waals surface area contributed by atoms with Crippen LogP contribution in [0.2, 0.25) is 5.28 Å². The van der Waals surface area contributed by atoms with E-state index in [4.69, 9.17) is 35.9 Å². The minimum Gasteiger partial charge on any atom is -0.388 e. The molecule has 3 atom stereocenters. The van der Waals surface area contributed by atoms with Crippen molar-refractivity contribution in [1.29, 1.82) is 0 Å². The largest absolute Gasteiger partial charge is 0.388 e. The predicted molar refractivity (Wildman–Crippen MR) is 96.1 cm³/mol. The Balaban J connectivity index is 1.72. The minimum atomic E-state index is -3.42. The van der Waals surface area contributed by atoms with E-state index in [9.17, 15) is 9.67 Å². The number of hydrogen-bond donors (Lipinski definition) is 2. The lowest BCUT2D eigenvalue weighted by atomic mass is 10.2. The highest BCUT2D eigenvalue weighted by Gasteiger charge is 2.38. The van der Waals surface area contributed by atoms with Crippen molar-refractivity contribution in [2.45, 2.75) is 38.9 Å². The van der Waals surface area contributed by atoms with Gasteiger partial charge in [-0.3, -0.25) is 9.13 Å². The van der Waals surface area contributed by atoms with E-state index in [1.165, 1.54) is 6.33 Å². The molecule has 2 aromatic rings. The van der Waals surface area contributed by atoms with E-state index >= 15 is 0 Å². The molecule has 0 saturated carbocycles. The number of nitrogens with two attached hydrogens (primary N) is 1. The molecule has 1 fully saturated rings. The number of nitrogen functional groups attached to an aromatic ring is 1. The zero-order valence-electron chi connectivity index (χ0n) is 14.8. The van der Waals surface area contributed by atoms with Crippen LogP contribution in [-0.2, 0) is 23.1 Å². The molecule has 0 bridgehead atoms. The number of hydrogen-bond acceptors (Lipinski definition) is 10. The normalized spacial score (nSPS) is 23.3. The first kappa shape index (κ1) is 20.4. The summed E-state index contributed by atoms with van der Waals surface area (Å²) in [4.78, 5) is 12.1. The van der Waals surface area contributed by atoms with Gasteiger partial charge in [-0.25, -0.2) is 4.98 Å². The van der Waals surface area contributed by atoms with E-state index in [1.54, 1.807) is 18.4 Å². The molecular formula is C14H21ClN5O6P. The van der Waals surface area contributed by atoms with Crippen LogP contribution in [0.1, 0.15) is 26.5 Å². The van der Waals surface area contributed by atoms with Crippen LogP contribution in [-0.4, -0.2) is 56.6 Å². The van der Waals surface area contributed by atoms with Gasteiger partial charge in [0.1, 0.15) is 17.8 Å². The molecule has 150 valence electrons. The second-order valence-electron chi connectivity index (χ2n) is 5.71. The molecule has 13 heteroatoms. The van der Waals surface area contributed by atoms with Gasteiger partial charge in [-0.05, 0) is 25.4 Å². The molecule has 27 heavy (non-hydrogen) atoms. The first-order chi connectivity index (χ1) is 12.9. The molecular weight excluding hydrogens is 401 g/mol. The summed E-state index contributed by atoms with van der Waals surface area (Å²) < 4.78 is 35.6. The van der Waals surface area contributed by atoms with Crippen LogP contribution < -0.4 is 5.73 Å². The fraction of sp³-hybridized carbons (Fsp3) is 0.643. The second kappa shape index (κ2) is 8.36. The van der Waals surface area contributed by atoms with E-state index in [0.717, 1.165) is 0 Å². The summed E-state index contributed by atoms with van der Waals surface area (Å²) in [5, 5.41) is 10.2. The van der Waals surface area contributed by atoms with Crippen LogP contribution in [0, 0.1) is 0 Å². The van der Waals surface area contributed by atoms with Crippen LogP contribution in [0.3, 0.4) is 0 Å². The van der Waals surface area contributed by atoms with Gasteiger partial charge in [0.2, 0.25) is 5.28 Å². The van der Waals surface area contributed by atoms with Gasteiger partial charge in [-0.1, -0.05) is 0 Å². The summed E-state index contributed by atoms with van der Waals surface area (Å²) >= 11 is 5.86. The Morgan fingerprint density at radius 2 is 2.11 bits per heavy atom. The lowest BCUT2D eigenvalue weighted by Gasteiger charge is -2.21. The molecule has 0 unspecified atom stereocenters. The van der Waals surface area contributed by atoms with Gasteiger partial charge < -0.3 is 29.4 Å². The molecule has 1 aliphatic rings. The molecule has 0 radical (unpaired) electrons. The number of aromatic nitrogens is 4.